The molecule has 3 rings (SSSR count). The molecule has 2 N–H and O–H groups in total. The zero-order valence-corrected chi connectivity index (χ0v) is 15.8. The Morgan fingerprint density at radius 1 is 1.26 bits per heavy atom. The molecular formula is C19H18Cl2F2N2O2. The second-order valence-corrected chi connectivity index (χ2v) is 7.45. The number of carbonyl (C=O) groups is 1. The maximum absolute atomic E-state index is 14.0. The number of rotatable bonds is 4. The van der Waals surface area contributed by atoms with Gasteiger partial charge in [0.1, 0.15) is 17.7 Å². The van der Waals surface area contributed by atoms with Crippen molar-refractivity contribution >= 4 is 29.1 Å². The second kappa shape index (κ2) is 8.09. The summed E-state index contributed by atoms with van der Waals surface area (Å²) in [6.07, 6.45) is 0.868. The number of hydrogen-bond acceptors (Lipinski definition) is 3. The number of amides is 1. The van der Waals surface area contributed by atoms with Crippen LogP contribution in [0.3, 0.4) is 0 Å². The van der Waals surface area contributed by atoms with E-state index in [1.807, 2.05) is 0 Å². The summed E-state index contributed by atoms with van der Waals surface area (Å²) in [5, 5.41) is 13.8. The van der Waals surface area contributed by atoms with Gasteiger partial charge in [-0.25, -0.2) is 13.8 Å². The molecule has 4 nitrogen and oxygen atoms in total. The quantitative estimate of drug-likeness (QED) is 0.765. The van der Waals surface area contributed by atoms with Crippen LogP contribution in [0.1, 0.15) is 47.8 Å². The van der Waals surface area contributed by atoms with E-state index in [9.17, 15) is 18.7 Å². The smallest absolute Gasteiger partial charge is 0.272 e. The van der Waals surface area contributed by atoms with Gasteiger partial charge in [0, 0.05) is 6.20 Å². The highest BCUT2D eigenvalue weighted by Crippen LogP contribution is 2.42. The second-order valence-electron chi connectivity index (χ2n) is 6.66. The number of aromatic nitrogens is 1. The molecule has 1 atom stereocenters. The molecule has 0 spiro atoms. The standard InChI is InChI=1S/C19H18Cl2F2N2O2/c20-13-4-2-10-24-16(13)18(26)25-17(12-3-1-5-14(23)15(12)21)19(27)8-6-11(22)7-9-19/h1-5,10-11,17,27H,6-9H2,(H,25,26)/t11-,17?,19+. The van der Waals surface area contributed by atoms with Crippen molar-refractivity contribution in [2.45, 2.75) is 43.5 Å². The van der Waals surface area contributed by atoms with Crippen molar-refractivity contribution in [2.75, 3.05) is 0 Å². The van der Waals surface area contributed by atoms with Gasteiger partial charge in [0.05, 0.1) is 21.7 Å². The molecule has 0 bridgehead atoms. The fourth-order valence-corrected chi connectivity index (χ4v) is 3.81. The number of nitrogens with zero attached hydrogens (tertiary/aromatic N) is 1. The average molecular weight is 415 g/mol. The van der Waals surface area contributed by atoms with Crippen molar-refractivity contribution in [3.8, 4) is 0 Å². The van der Waals surface area contributed by atoms with Crippen molar-refractivity contribution < 1.29 is 18.7 Å². The molecular weight excluding hydrogens is 397 g/mol. The number of halogens is 4. The van der Waals surface area contributed by atoms with Crippen LogP contribution in [0.2, 0.25) is 10.0 Å². The van der Waals surface area contributed by atoms with Gasteiger partial charge in [-0.05, 0) is 49.4 Å². The SMILES string of the molecule is O=C(NC(c1cccc(F)c1Cl)[C@]1(O)CC[C@@H](F)CC1)c1ncccc1Cl. The topological polar surface area (TPSA) is 62.2 Å². The average Bonchev–Trinajstić information content (AvgIpc) is 2.65. The highest BCUT2D eigenvalue weighted by atomic mass is 35.5. The third-order valence-electron chi connectivity index (χ3n) is 4.86. The maximum Gasteiger partial charge on any atom is 0.272 e. The van der Waals surface area contributed by atoms with E-state index in [1.165, 1.54) is 30.5 Å². The molecule has 0 aliphatic heterocycles. The first-order chi connectivity index (χ1) is 12.8. The van der Waals surface area contributed by atoms with Crippen LogP contribution in [0.4, 0.5) is 8.78 Å². The normalized spacial score (nSPS) is 23.7. The Bertz CT molecular complexity index is 842. The van der Waals surface area contributed by atoms with E-state index in [-0.39, 0.29) is 47.0 Å². The van der Waals surface area contributed by atoms with Gasteiger partial charge in [-0.15, -0.1) is 0 Å². The molecule has 1 amide bonds. The van der Waals surface area contributed by atoms with E-state index in [1.54, 1.807) is 6.07 Å². The molecule has 1 aliphatic rings. The van der Waals surface area contributed by atoms with E-state index in [4.69, 9.17) is 23.2 Å². The van der Waals surface area contributed by atoms with Gasteiger partial charge in [-0.1, -0.05) is 35.3 Å². The minimum absolute atomic E-state index is 0.0283. The van der Waals surface area contributed by atoms with Crippen LogP contribution in [0.25, 0.3) is 0 Å². The molecule has 8 heteroatoms. The maximum atomic E-state index is 14.0. The first-order valence-corrected chi connectivity index (χ1v) is 9.29. The van der Waals surface area contributed by atoms with Crippen LogP contribution in [0.15, 0.2) is 36.5 Å². The lowest BCUT2D eigenvalue weighted by Crippen LogP contribution is -2.49. The Kier molecular flexibility index (Phi) is 5.99. The van der Waals surface area contributed by atoms with E-state index in [2.05, 4.69) is 10.3 Å². The highest BCUT2D eigenvalue weighted by Gasteiger charge is 2.43. The lowest BCUT2D eigenvalue weighted by molar-refractivity contribution is -0.0446. The van der Waals surface area contributed by atoms with Crippen LogP contribution in [-0.4, -0.2) is 27.8 Å². The van der Waals surface area contributed by atoms with Gasteiger partial charge in [-0.2, -0.15) is 0 Å². The molecule has 1 aliphatic carbocycles. The van der Waals surface area contributed by atoms with Crippen LogP contribution in [0.5, 0.6) is 0 Å². The molecule has 1 fully saturated rings. The monoisotopic (exact) mass is 414 g/mol. The molecule has 0 radical (unpaired) electrons. The molecule has 2 aromatic rings. The largest absolute Gasteiger partial charge is 0.387 e. The van der Waals surface area contributed by atoms with Gasteiger partial charge in [0.25, 0.3) is 5.91 Å². The van der Waals surface area contributed by atoms with E-state index >= 15 is 0 Å². The summed E-state index contributed by atoms with van der Waals surface area (Å²) >= 11 is 12.1. The summed E-state index contributed by atoms with van der Waals surface area (Å²) in [5.74, 6) is -1.31. The Morgan fingerprint density at radius 2 is 1.96 bits per heavy atom. The lowest BCUT2D eigenvalue weighted by Gasteiger charge is -2.41. The number of hydrogen-bond donors (Lipinski definition) is 2. The molecule has 1 aromatic heterocycles. The Labute approximate surface area is 165 Å². The number of pyridine rings is 1. The van der Waals surface area contributed by atoms with Crippen LogP contribution >= 0.6 is 23.2 Å². The fraction of sp³-hybridized carbons (Fsp3) is 0.368. The molecule has 27 heavy (non-hydrogen) atoms. The van der Waals surface area contributed by atoms with Gasteiger partial charge >= 0.3 is 0 Å². The minimum Gasteiger partial charge on any atom is -0.387 e. The summed E-state index contributed by atoms with van der Waals surface area (Å²) in [6, 6.07) is 6.19. The van der Waals surface area contributed by atoms with Gasteiger partial charge < -0.3 is 10.4 Å². The predicted octanol–water partition coefficient (Wildman–Crippen LogP) is 4.64. The number of aliphatic hydroxyl groups is 1. The molecule has 0 saturated heterocycles. The molecule has 1 heterocycles. The minimum atomic E-state index is -1.48. The third-order valence-corrected chi connectivity index (χ3v) is 5.56. The number of benzene rings is 1. The number of carbonyl (C=O) groups excluding carboxylic acids is 1. The van der Waals surface area contributed by atoms with Crippen molar-refractivity contribution in [3.63, 3.8) is 0 Å². The van der Waals surface area contributed by atoms with Crippen LogP contribution in [0, 0.1) is 5.82 Å². The van der Waals surface area contributed by atoms with Gasteiger partial charge in [0.2, 0.25) is 0 Å². The van der Waals surface area contributed by atoms with Crippen LogP contribution < -0.4 is 5.32 Å². The predicted molar refractivity (Wildman–Crippen MR) is 99.2 cm³/mol. The molecule has 144 valence electrons. The number of nitrogens with one attached hydrogen (secondary N) is 1. The number of alkyl halides is 1. The van der Waals surface area contributed by atoms with E-state index < -0.39 is 29.5 Å². The Balaban J connectivity index is 1.99. The fourth-order valence-electron chi connectivity index (χ4n) is 3.37. The highest BCUT2D eigenvalue weighted by molar-refractivity contribution is 6.33. The summed E-state index contributed by atoms with van der Waals surface area (Å²) < 4.78 is 27.6. The molecule has 1 saturated carbocycles. The summed E-state index contributed by atoms with van der Waals surface area (Å²) in [7, 11) is 0. The third kappa shape index (κ3) is 4.23. The lowest BCUT2D eigenvalue weighted by atomic mass is 9.76. The zero-order chi connectivity index (χ0) is 19.6. The Hall–Kier alpha value is -1.76. The van der Waals surface area contributed by atoms with Crippen molar-refractivity contribution in [1.82, 2.24) is 10.3 Å². The first kappa shape index (κ1) is 20.0. The van der Waals surface area contributed by atoms with Crippen molar-refractivity contribution in [3.05, 3.63) is 63.6 Å². The first-order valence-electron chi connectivity index (χ1n) is 8.53. The van der Waals surface area contributed by atoms with Crippen molar-refractivity contribution in [1.29, 1.82) is 0 Å². The summed E-state index contributed by atoms with van der Waals surface area (Å²) in [6.45, 7) is 0. The van der Waals surface area contributed by atoms with Gasteiger partial charge in [0.15, 0.2) is 0 Å². The van der Waals surface area contributed by atoms with E-state index in [0.29, 0.717) is 0 Å². The zero-order valence-electron chi connectivity index (χ0n) is 14.3. The summed E-state index contributed by atoms with van der Waals surface area (Å²) in [4.78, 5) is 16.7. The van der Waals surface area contributed by atoms with E-state index in [0.717, 1.165) is 0 Å². The van der Waals surface area contributed by atoms with Gasteiger partial charge in [-0.3, -0.25) is 4.79 Å². The Morgan fingerprint density at radius 3 is 2.63 bits per heavy atom. The summed E-state index contributed by atoms with van der Waals surface area (Å²) in [5.41, 5.74) is -1.28. The molecule has 1 unspecified atom stereocenters. The molecule has 1 aromatic carbocycles. The van der Waals surface area contributed by atoms with Crippen LogP contribution in [-0.2, 0) is 0 Å². The van der Waals surface area contributed by atoms with Crippen molar-refractivity contribution in [2.24, 2.45) is 0 Å².